The minimum atomic E-state index is -0.101. The zero-order valence-corrected chi connectivity index (χ0v) is 13.7. The molecule has 4 nitrogen and oxygen atoms in total. The number of hydrogen-bond acceptors (Lipinski definition) is 4. The molecule has 2 heterocycles. The fourth-order valence-corrected chi connectivity index (χ4v) is 3.88. The Labute approximate surface area is 144 Å². The minimum Gasteiger partial charge on any atom is -0.322 e. The van der Waals surface area contributed by atoms with Gasteiger partial charge < -0.3 is 5.32 Å². The highest BCUT2D eigenvalue weighted by Crippen LogP contribution is 2.37. The Hall–Kier alpha value is -2.66. The van der Waals surface area contributed by atoms with Crippen LogP contribution in [0.3, 0.4) is 0 Å². The number of carbonyl (C=O) groups is 1. The Morgan fingerprint density at radius 3 is 2.46 bits per heavy atom. The molecule has 0 bridgehead atoms. The van der Waals surface area contributed by atoms with Gasteiger partial charge in [0.05, 0.1) is 23.3 Å². The van der Waals surface area contributed by atoms with Crippen molar-refractivity contribution in [1.29, 1.82) is 0 Å². The van der Waals surface area contributed by atoms with Gasteiger partial charge in [-0.1, -0.05) is 48.5 Å². The van der Waals surface area contributed by atoms with Crippen molar-refractivity contribution in [2.75, 3.05) is 5.32 Å². The number of carbonyl (C=O) groups excluding carboxylic acids is 1. The molecular weight excluding hydrogens is 318 g/mol. The first-order valence-corrected chi connectivity index (χ1v) is 8.60. The second-order valence-electron chi connectivity index (χ2n) is 5.57. The summed E-state index contributed by atoms with van der Waals surface area (Å²) in [6, 6.07) is 17.9. The first-order chi connectivity index (χ1) is 11.8. The smallest absolute Gasteiger partial charge is 0.238 e. The minimum absolute atomic E-state index is 0.00717. The number of rotatable bonds is 3. The average molecular weight is 333 g/mol. The molecule has 0 aliphatic carbocycles. The third kappa shape index (κ3) is 3.03. The zero-order chi connectivity index (χ0) is 16.4. The van der Waals surface area contributed by atoms with Crippen molar-refractivity contribution in [2.24, 2.45) is 0 Å². The molecule has 2 aromatic carbocycles. The maximum absolute atomic E-state index is 12.5. The lowest BCUT2D eigenvalue weighted by Gasteiger charge is -2.09. The molecule has 24 heavy (non-hydrogen) atoms. The van der Waals surface area contributed by atoms with Gasteiger partial charge in [-0.15, -0.1) is 11.8 Å². The summed E-state index contributed by atoms with van der Waals surface area (Å²) in [6.45, 7) is 0. The number of thioether (sulfide) groups is 1. The number of anilines is 1. The number of aromatic nitrogens is 2. The first-order valence-electron chi connectivity index (χ1n) is 7.72. The molecule has 118 valence electrons. The van der Waals surface area contributed by atoms with E-state index in [2.05, 4.69) is 27.4 Å². The normalized spacial score (nSPS) is 15.8. The van der Waals surface area contributed by atoms with E-state index in [0.717, 1.165) is 12.0 Å². The molecule has 0 fully saturated rings. The highest BCUT2D eigenvalue weighted by Gasteiger charge is 2.28. The van der Waals surface area contributed by atoms with Crippen molar-refractivity contribution < 1.29 is 4.79 Å². The Morgan fingerprint density at radius 2 is 1.71 bits per heavy atom. The van der Waals surface area contributed by atoms with Crippen molar-refractivity contribution in [1.82, 2.24) is 9.97 Å². The van der Waals surface area contributed by atoms with Crippen LogP contribution in [0.25, 0.3) is 11.4 Å². The van der Waals surface area contributed by atoms with E-state index in [9.17, 15) is 4.79 Å². The molecule has 1 aliphatic heterocycles. The predicted octanol–water partition coefficient (Wildman–Crippen LogP) is 3.80. The molecule has 0 spiro atoms. The molecule has 0 saturated carbocycles. The number of hydrogen-bond donors (Lipinski definition) is 1. The van der Waals surface area contributed by atoms with Gasteiger partial charge in [-0.2, -0.15) is 0 Å². The molecule has 1 aromatic heterocycles. The molecule has 0 saturated heterocycles. The fraction of sp³-hybridized carbons (Fsp3) is 0.105. The second-order valence-corrected chi connectivity index (χ2v) is 6.81. The summed E-state index contributed by atoms with van der Waals surface area (Å²) in [4.78, 5) is 22.3. The molecule has 1 aliphatic rings. The number of nitrogens with zero attached hydrogens (tertiary/aromatic N) is 2. The van der Waals surface area contributed by atoms with Gasteiger partial charge in [-0.3, -0.25) is 4.79 Å². The maximum Gasteiger partial charge on any atom is 0.238 e. The second kappa shape index (κ2) is 6.45. The van der Waals surface area contributed by atoms with E-state index in [4.69, 9.17) is 0 Å². The standard InChI is InChI=1S/C19H15N3OS/c23-19(17-10-14-8-4-5-9-16(14)24-17)22-15-11-20-18(21-12-15)13-6-2-1-3-7-13/h1-9,11-12,17H,10H2,(H,22,23). The number of fused-ring (bicyclic) bond motifs is 1. The Bertz CT molecular complexity index is 840. The Morgan fingerprint density at radius 1 is 1.00 bits per heavy atom. The van der Waals surface area contributed by atoms with E-state index in [0.29, 0.717) is 11.5 Å². The maximum atomic E-state index is 12.5. The first kappa shape index (κ1) is 14.9. The van der Waals surface area contributed by atoms with Crippen LogP contribution in [-0.4, -0.2) is 21.1 Å². The summed E-state index contributed by atoms with van der Waals surface area (Å²) in [5.41, 5.74) is 2.81. The molecule has 0 radical (unpaired) electrons. The lowest BCUT2D eigenvalue weighted by atomic mass is 10.1. The largest absolute Gasteiger partial charge is 0.322 e. The number of benzene rings is 2. The summed E-state index contributed by atoms with van der Waals surface area (Å²) in [5.74, 6) is 0.642. The summed E-state index contributed by atoms with van der Waals surface area (Å²) < 4.78 is 0. The van der Waals surface area contributed by atoms with Gasteiger partial charge in [0.15, 0.2) is 5.82 Å². The van der Waals surface area contributed by atoms with Gasteiger partial charge in [0.1, 0.15) is 0 Å². The summed E-state index contributed by atoms with van der Waals surface area (Å²) >= 11 is 1.61. The van der Waals surface area contributed by atoms with Crippen LogP contribution in [0.15, 0.2) is 71.9 Å². The topological polar surface area (TPSA) is 54.9 Å². The predicted molar refractivity (Wildman–Crippen MR) is 95.9 cm³/mol. The van der Waals surface area contributed by atoms with E-state index < -0.39 is 0 Å². The van der Waals surface area contributed by atoms with Gasteiger partial charge in [-0.25, -0.2) is 9.97 Å². The van der Waals surface area contributed by atoms with Crippen LogP contribution in [0.5, 0.6) is 0 Å². The highest BCUT2D eigenvalue weighted by molar-refractivity contribution is 8.01. The summed E-state index contributed by atoms with van der Waals surface area (Å²) in [5, 5.41) is 2.81. The van der Waals surface area contributed by atoms with Crippen molar-refractivity contribution in [2.45, 2.75) is 16.6 Å². The van der Waals surface area contributed by atoms with Crippen molar-refractivity contribution in [3.05, 3.63) is 72.6 Å². The molecular formula is C19H15N3OS. The van der Waals surface area contributed by atoms with E-state index in [-0.39, 0.29) is 11.2 Å². The molecule has 1 atom stereocenters. The van der Waals surface area contributed by atoms with Gasteiger partial charge in [0, 0.05) is 10.5 Å². The fourth-order valence-electron chi connectivity index (χ4n) is 2.68. The third-order valence-electron chi connectivity index (χ3n) is 3.89. The summed E-state index contributed by atoms with van der Waals surface area (Å²) in [6.07, 6.45) is 4.07. The third-order valence-corrected chi connectivity index (χ3v) is 5.21. The van der Waals surface area contributed by atoms with Crippen LogP contribution in [0, 0.1) is 0 Å². The Balaban J connectivity index is 1.44. The van der Waals surface area contributed by atoms with E-state index in [1.807, 2.05) is 42.5 Å². The van der Waals surface area contributed by atoms with E-state index >= 15 is 0 Å². The van der Waals surface area contributed by atoms with Crippen molar-refractivity contribution in [3.8, 4) is 11.4 Å². The SMILES string of the molecule is O=C(Nc1cnc(-c2ccccc2)nc1)C1Cc2ccccc2S1. The van der Waals surface area contributed by atoms with E-state index in [1.165, 1.54) is 10.5 Å². The van der Waals surface area contributed by atoms with E-state index in [1.54, 1.807) is 24.2 Å². The van der Waals surface area contributed by atoms with Gasteiger partial charge >= 0.3 is 0 Å². The molecule has 3 aromatic rings. The lowest BCUT2D eigenvalue weighted by molar-refractivity contribution is -0.115. The van der Waals surface area contributed by atoms with Crippen LogP contribution in [0.4, 0.5) is 5.69 Å². The molecule has 5 heteroatoms. The van der Waals surface area contributed by atoms with Crippen LogP contribution >= 0.6 is 11.8 Å². The molecule has 1 N–H and O–H groups in total. The van der Waals surface area contributed by atoms with Crippen LogP contribution in [0.2, 0.25) is 0 Å². The molecule has 1 amide bonds. The quantitative estimate of drug-likeness (QED) is 0.792. The Kier molecular flexibility index (Phi) is 4.01. The van der Waals surface area contributed by atoms with Crippen molar-refractivity contribution in [3.63, 3.8) is 0 Å². The van der Waals surface area contributed by atoms with Crippen molar-refractivity contribution >= 4 is 23.4 Å². The highest BCUT2D eigenvalue weighted by atomic mass is 32.2. The molecule has 4 rings (SSSR count). The lowest BCUT2D eigenvalue weighted by Crippen LogP contribution is -2.24. The van der Waals surface area contributed by atoms with Gasteiger partial charge in [0.25, 0.3) is 0 Å². The van der Waals surface area contributed by atoms with Crippen LogP contribution in [0.1, 0.15) is 5.56 Å². The zero-order valence-electron chi connectivity index (χ0n) is 12.8. The monoisotopic (exact) mass is 333 g/mol. The molecule has 1 unspecified atom stereocenters. The van der Waals surface area contributed by atoms with Gasteiger partial charge in [-0.05, 0) is 18.1 Å². The van der Waals surface area contributed by atoms with Gasteiger partial charge in [0.2, 0.25) is 5.91 Å². The summed E-state index contributed by atoms with van der Waals surface area (Å²) in [7, 11) is 0. The number of amides is 1. The van der Waals surface area contributed by atoms with Crippen LogP contribution in [-0.2, 0) is 11.2 Å². The number of nitrogens with one attached hydrogen (secondary N) is 1. The van der Waals surface area contributed by atoms with Crippen LogP contribution < -0.4 is 5.32 Å². The average Bonchev–Trinajstić information content (AvgIpc) is 3.07.